The van der Waals surface area contributed by atoms with Gasteiger partial charge in [0.1, 0.15) is 5.75 Å². The summed E-state index contributed by atoms with van der Waals surface area (Å²) in [6.07, 6.45) is 0. The maximum Gasteiger partial charge on any atom is 2.00 e. The van der Waals surface area contributed by atoms with Crippen molar-refractivity contribution in [2.24, 2.45) is 0 Å². The van der Waals surface area contributed by atoms with Gasteiger partial charge < -0.3 is 5.11 Å². The fraction of sp³-hybridized carbons (Fsp3) is 0. The third-order valence-corrected chi connectivity index (χ3v) is 3.87. The van der Waals surface area contributed by atoms with Gasteiger partial charge in [-0.3, -0.25) is 4.79 Å². The van der Waals surface area contributed by atoms with Crippen LogP contribution < -0.4 is 0 Å². The molecule has 1 N–H and O–H groups in total. The maximum absolute atomic E-state index is 11.9. The van der Waals surface area contributed by atoms with Crippen LogP contribution in [0.4, 0.5) is 0 Å². The molecule has 0 bridgehead atoms. The molecule has 0 aromatic heterocycles. The van der Waals surface area contributed by atoms with Gasteiger partial charge in [-0.25, -0.2) is 12.1 Å². The fourth-order valence-electron chi connectivity index (χ4n) is 1.71. The van der Waals surface area contributed by atoms with E-state index in [9.17, 15) is 9.90 Å². The van der Waals surface area contributed by atoms with Gasteiger partial charge >= 0.3 is 17.1 Å². The third kappa shape index (κ3) is 6.14. The van der Waals surface area contributed by atoms with Gasteiger partial charge in [0.2, 0.25) is 5.78 Å². The molecule has 0 aliphatic carbocycles. The number of rotatable bonds is 1. The summed E-state index contributed by atoms with van der Waals surface area (Å²) in [6.45, 7) is 0. The molecule has 0 aliphatic heterocycles. The van der Waals surface area contributed by atoms with Crippen LogP contribution >= 0.6 is 31.9 Å². The molecular formula is C19H12Br2FeO2. The maximum atomic E-state index is 11.9. The van der Waals surface area contributed by atoms with Crippen molar-refractivity contribution < 1.29 is 27.0 Å². The van der Waals surface area contributed by atoms with E-state index >= 15 is 0 Å². The molecule has 5 heteroatoms. The van der Waals surface area contributed by atoms with Crippen LogP contribution in [-0.2, 0) is 17.1 Å². The van der Waals surface area contributed by atoms with Crippen molar-refractivity contribution in [1.82, 2.24) is 0 Å². The number of phenolic OH excluding ortho intramolecular Hbond substituents is 1. The molecule has 0 atom stereocenters. The second-order valence-corrected chi connectivity index (χ2v) is 6.27. The standard InChI is InChI=1S/C14H7Br2O2.C5H5.Fe/c15-10-7-11(14(18)12(16)8-10)13(17)6-5-9-3-1-2-4-9;1-2-4-5-3-1;/h1-4,7-8,18H;1-5H;/q2*-1;+2. The zero-order valence-corrected chi connectivity index (χ0v) is 16.6. The Morgan fingerprint density at radius 1 is 1.08 bits per heavy atom. The molecule has 0 saturated carbocycles. The van der Waals surface area contributed by atoms with Crippen LogP contribution in [0.25, 0.3) is 0 Å². The Morgan fingerprint density at radius 3 is 2.33 bits per heavy atom. The first-order valence-electron chi connectivity index (χ1n) is 6.70. The van der Waals surface area contributed by atoms with Gasteiger partial charge in [0.15, 0.2) is 0 Å². The number of hydrogen-bond acceptors (Lipinski definition) is 2. The summed E-state index contributed by atoms with van der Waals surface area (Å²) >= 11 is 6.44. The Kier molecular flexibility index (Phi) is 8.81. The average molecular weight is 488 g/mol. The van der Waals surface area contributed by atoms with Crippen molar-refractivity contribution in [2.45, 2.75) is 0 Å². The zero-order chi connectivity index (χ0) is 16.7. The number of carbonyl (C=O) groups excluding carboxylic acids is 1. The van der Waals surface area contributed by atoms with Crippen molar-refractivity contribution >= 4 is 37.6 Å². The first-order valence-corrected chi connectivity index (χ1v) is 8.29. The molecule has 3 aromatic carbocycles. The second-order valence-electron chi connectivity index (χ2n) is 4.50. The zero-order valence-electron chi connectivity index (χ0n) is 12.3. The Balaban J connectivity index is 0.000000412. The monoisotopic (exact) mass is 486 g/mol. The number of ketones is 1. The van der Waals surface area contributed by atoms with E-state index in [0.717, 1.165) is 5.56 Å². The molecule has 0 saturated heterocycles. The number of Topliss-reactive ketones (excluding diaryl/α,β-unsaturated/α-hetero) is 1. The van der Waals surface area contributed by atoms with E-state index in [1.807, 2.05) is 54.6 Å². The van der Waals surface area contributed by atoms with Crippen molar-refractivity contribution in [3.63, 3.8) is 0 Å². The first-order chi connectivity index (χ1) is 11.1. The molecule has 0 spiro atoms. The van der Waals surface area contributed by atoms with Gasteiger partial charge in [-0.15, -0.1) is 11.6 Å². The van der Waals surface area contributed by atoms with Gasteiger partial charge in [-0.1, -0.05) is 21.9 Å². The molecule has 3 rings (SSSR count). The van der Waals surface area contributed by atoms with Crippen LogP contribution in [0.1, 0.15) is 15.9 Å². The van der Waals surface area contributed by atoms with Crippen LogP contribution in [0.3, 0.4) is 0 Å². The number of phenols is 1. The van der Waals surface area contributed by atoms with E-state index in [1.54, 1.807) is 12.1 Å². The Labute approximate surface area is 168 Å². The van der Waals surface area contributed by atoms with Crippen LogP contribution in [0.2, 0.25) is 0 Å². The molecule has 0 aliphatic rings. The Hall–Kier alpha value is -1.57. The minimum atomic E-state index is -0.421. The van der Waals surface area contributed by atoms with Gasteiger partial charge in [-0.05, 0) is 28.1 Å². The summed E-state index contributed by atoms with van der Waals surface area (Å²) in [7, 11) is 0. The average Bonchev–Trinajstić information content (AvgIpc) is 3.24. The molecule has 2 nitrogen and oxygen atoms in total. The first kappa shape index (κ1) is 20.5. The minimum Gasteiger partial charge on any atom is -0.506 e. The number of carbonyl (C=O) groups is 1. The number of aromatic hydroxyl groups is 1. The number of hydrogen-bond donors (Lipinski definition) is 1. The van der Waals surface area contributed by atoms with Gasteiger partial charge in [0.05, 0.1) is 10.0 Å². The van der Waals surface area contributed by atoms with E-state index in [1.165, 1.54) is 0 Å². The summed E-state index contributed by atoms with van der Waals surface area (Å²) < 4.78 is 1.15. The largest absolute Gasteiger partial charge is 2.00 e. The van der Waals surface area contributed by atoms with E-state index in [-0.39, 0.29) is 28.4 Å². The van der Waals surface area contributed by atoms with Crippen molar-refractivity contribution in [3.05, 3.63) is 86.8 Å². The van der Waals surface area contributed by atoms with E-state index in [2.05, 4.69) is 43.7 Å². The Morgan fingerprint density at radius 2 is 1.79 bits per heavy atom. The van der Waals surface area contributed by atoms with Gasteiger partial charge in [0.25, 0.3) is 0 Å². The van der Waals surface area contributed by atoms with Gasteiger partial charge in [0, 0.05) is 4.47 Å². The van der Waals surface area contributed by atoms with Crippen LogP contribution in [0.15, 0.2) is 75.7 Å². The molecular weight excluding hydrogens is 476 g/mol. The molecule has 24 heavy (non-hydrogen) atoms. The van der Waals surface area contributed by atoms with E-state index in [4.69, 9.17) is 0 Å². The number of halogens is 2. The molecule has 0 fully saturated rings. The van der Waals surface area contributed by atoms with Gasteiger partial charge in [-0.2, -0.15) is 42.3 Å². The second kappa shape index (κ2) is 10.3. The van der Waals surface area contributed by atoms with Crippen LogP contribution in [-0.4, -0.2) is 10.9 Å². The summed E-state index contributed by atoms with van der Waals surface area (Å²) in [5.41, 5.74) is 0.951. The molecule has 0 amide bonds. The SMILES string of the molecule is O=C(C#Cc1ccc[cH-]1)c1cc(Br)cc(Br)c1O.[Fe+2].c1cc[cH-]c1. The molecule has 0 heterocycles. The van der Waals surface area contributed by atoms with Crippen molar-refractivity contribution in [1.29, 1.82) is 0 Å². The summed E-state index contributed by atoms with van der Waals surface area (Å²) in [6, 6.07) is 20.5. The van der Waals surface area contributed by atoms with Crippen molar-refractivity contribution in [3.8, 4) is 17.6 Å². The fourth-order valence-corrected chi connectivity index (χ4v) is 2.94. The van der Waals surface area contributed by atoms with Crippen LogP contribution in [0.5, 0.6) is 5.75 Å². The smallest absolute Gasteiger partial charge is 0.506 e. The predicted molar refractivity (Wildman–Crippen MR) is 98.8 cm³/mol. The Bertz CT molecular complexity index is 809. The van der Waals surface area contributed by atoms with E-state index < -0.39 is 5.78 Å². The third-order valence-electron chi connectivity index (χ3n) is 2.81. The summed E-state index contributed by atoms with van der Waals surface area (Å²) in [4.78, 5) is 11.9. The molecule has 0 radical (unpaired) electrons. The summed E-state index contributed by atoms with van der Waals surface area (Å²) in [5.74, 6) is 4.74. The molecule has 3 aromatic rings. The minimum absolute atomic E-state index is 0. The molecule has 0 unspecified atom stereocenters. The predicted octanol–water partition coefficient (Wildman–Crippen LogP) is 5.27. The van der Waals surface area contributed by atoms with Crippen molar-refractivity contribution in [2.75, 3.05) is 0 Å². The van der Waals surface area contributed by atoms with Crippen LogP contribution in [0, 0.1) is 11.8 Å². The quantitative estimate of drug-likeness (QED) is 0.220. The number of benzene rings is 1. The molecule has 122 valence electrons. The normalized spacial score (nSPS) is 8.92. The topological polar surface area (TPSA) is 37.3 Å². The van der Waals surface area contributed by atoms with E-state index in [0.29, 0.717) is 8.95 Å². The summed E-state index contributed by atoms with van der Waals surface area (Å²) in [5, 5.41) is 9.79.